The topological polar surface area (TPSA) is 55.4 Å². The van der Waals surface area contributed by atoms with E-state index >= 15 is 0 Å². The van der Waals surface area contributed by atoms with Crippen LogP contribution in [0.3, 0.4) is 0 Å². The Kier molecular flexibility index (Phi) is 3.40. The Balaban J connectivity index is 2.58. The van der Waals surface area contributed by atoms with E-state index in [2.05, 4.69) is 5.32 Å². The minimum Gasteiger partial charge on any atom is -0.495 e. The largest absolute Gasteiger partial charge is 0.495 e. The molecule has 0 unspecified atom stereocenters. The molecule has 4 nitrogen and oxygen atoms in total. The van der Waals surface area contributed by atoms with Crippen molar-refractivity contribution >= 4 is 9.84 Å². The fraction of sp³-hybridized carbons (Fsp3) is 0.500. The zero-order valence-corrected chi connectivity index (χ0v) is 10.9. The van der Waals surface area contributed by atoms with Gasteiger partial charge in [-0.3, -0.25) is 0 Å². The molecule has 1 aliphatic heterocycles. The fourth-order valence-corrected chi connectivity index (χ4v) is 2.99. The molecule has 1 N–H and O–H groups in total. The van der Waals surface area contributed by atoms with Crippen LogP contribution in [0.15, 0.2) is 17.0 Å². The minimum absolute atomic E-state index is 0.292. The number of hydrogen-bond acceptors (Lipinski definition) is 4. The lowest BCUT2D eigenvalue weighted by atomic mass is 10.0. The van der Waals surface area contributed by atoms with E-state index in [0.717, 1.165) is 31.5 Å². The Labute approximate surface area is 102 Å². The van der Waals surface area contributed by atoms with Crippen molar-refractivity contribution in [2.75, 3.05) is 26.5 Å². The third-order valence-electron chi connectivity index (χ3n) is 3.03. The maximum atomic E-state index is 11.7. The molecule has 0 bridgehead atoms. The maximum absolute atomic E-state index is 11.7. The first-order chi connectivity index (χ1) is 8.02. The second-order valence-electron chi connectivity index (χ2n) is 4.29. The Hall–Kier alpha value is -1.07. The van der Waals surface area contributed by atoms with E-state index < -0.39 is 9.84 Å². The van der Waals surface area contributed by atoms with Gasteiger partial charge in [-0.15, -0.1) is 0 Å². The highest BCUT2D eigenvalue weighted by Crippen LogP contribution is 2.29. The van der Waals surface area contributed by atoms with Crippen molar-refractivity contribution in [3.05, 3.63) is 23.3 Å². The lowest BCUT2D eigenvalue weighted by Crippen LogP contribution is -2.16. The molecule has 0 aliphatic carbocycles. The number of sulfone groups is 1. The Morgan fingerprint density at radius 1 is 1.18 bits per heavy atom. The zero-order valence-electron chi connectivity index (χ0n) is 10.1. The zero-order chi connectivity index (χ0) is 12.5. The molecule has 5 heteroatoms. The van der Waals surface area contributed by atoms with E-state index in [1.807, 2.05) is 6.07 Å². The van der Waals surface area contributed by atoms with Gasteiger partial charge in [0.1, 0.15) is 10.6 Å². The number of ether oxygens (including phenoxy) is 1. The first-order valence-corrected chi connectivity index (χ1v) is 7.52. The van der Waals surface area contributed by atoms with Crippen LogP contribution in [0.4, 0.5) is 0 Å². The van der Waals surface area contributed by atoms with Crippen LogP contribution in [0.25, 0.3) is 0 Å². The number of benzene rings is 1. The van der Waals surface area contributed by atoms with Crippen LogP contribution in [0, 0.1) is 0 Å². The molecule has 1 aromatic carbocycles. The summed E-state index contributed by atoms with van der Waals surface area (Å²) in [6, 6.07) is 3.62. The standard InChI is InChI=1S/C12H17NO3S/c1-16-11-7-9-3-5-13-6-4-10(9)8-12(11)17(2,14)15/h7-8,13H,3-6H2,1-2H3. The predicted molar refractivity (Wildman–Crippen MR) is 66.4 cm³/mol. The van der Waals surface area contributed by atoms with Crippen LogP contribution in [0.2, 0.25) is 0 Å². The van der Waals surface area contributed by atoms with Gasteiger partial charge >= 0.3 is 0 Å². The fourth-order valence-electron chi connectivity index (χ4n) is 2.13. The third kappa shape index (κ3) is 2.61. The molecular formula is C12H17NO3S. The molecule has 1 aromatic rings. The Morgan fingerprint density at radius 3 is 2.29 bits per heavy atom. The molecule has 0 fully saturated rings. The van der Waals surface area contributed by atoms with E-state index in [9.17, 15) is 8.42 Å². The molecule has 0 spiro atoms. The summed E-state index contributed by atoms with van der Waals surface area (Å²) in [5.74, 6) is 0.452. The average Bonchev–Trinajstić information content (AvgIpc) is 2.50. The predicted octanol–water partition coefficient (Wildman–Crippen LogP) is 0.787. The van der Waals surface area contributed by atoms with Crippen LogP contribution < -0.4 is 10.1 Å². The minimum atomic E-state index is -3.24. The summed E-state index contributed by atoms with van der Waals surface area (Å²) in [6.07, 6.45) is 2.99. The average molecular weight is 255 g/mol. The van der Waals surface area contributed by atoms with Crippen molar-refractivity contribution in [2.45, 2.75) is 17.7 Å². The quantitative estimate of drug-likeness (QED) is 0.849. The molecule has 2 rings (SSSR count). The molecule has 1 aliphatic rings. The summed E-state index contributed by atoms with van der Waals surface area (Å²) >= 11 is 0. The molecule has 0 radical (unpaired) electrons. The normalized spacial score (nSPS) is 16.1. The monoisotopic (exact) mass is 255 g/mol. The molecule has 0 saturated heterocycles. The van der Waals surface area contributed by atoms with E-state index in [0.29, 0.717) is 10.6 Å². The van der Waals surface area contributed by atoms with E-state index in [4.69, 9.17) is 4.74 Å². The lowest BCUT2D eigenvalue weighted by Gasteiger charge is -2.12. The Morgan fingerprint density at radius 2 is 1.76 bits per heavy atom. The van der Waals surface area contributed by atoms with Crippen molar-refractivity contribution in [3.8, 4) is 5.75 Å². The number of methoxy groups -OCH3 is 1. The summed E-state index contributed by atoms with van der Waals surface area (Å²) in [5.41, 5.74) is 2.29. The Bertz CT molecular complexity index is 523. The SMILES string of the molecule is COc1cc2c(cc1S(C)(=O)=O)CCNCC2. The smallest absolute Gasteiger partial charge is 0.179 e. The number of rotatable bonds is 2. The van der Waals surface area contributed by atoms with Gasteiger partial charge in [0.25, 0.3) is 0 Å². The van der Waals surface area contributed by atoms with Gasteiger partial charge in [0, 0.05) is 6.26 Å². The van der Waals surface area contributed by atoms with Gasteiger partial charge in [-0.25, -0.2) is 8.42 Å². The van der Waals surface area contributed by atoms with E-state index in [1.54, 1.807) is 6.07 Å². The first kappa shape index (κ1) is 12.4. The molecule has 0 aromatic heterocycles. The maximum Gasteiger partial charge on any atom is 0.179 e. The molecule has 17 heavy (non-hydrogen) atoms. The highest BCUT2D eigenvalue weighted by atomic mass is 32.2. The molecule has 94 valence electrons. The van der Waals surface area contributed by atoms with Gasteiger partial charge in [0.2, 0.25) is 0 Å². The van der Waals surface area contributed by atoms with Crippen molar-refractivity contribution < 1.29 is 13.2 Å². The van der Waals surface area contributed by atoms with Crippen LogP contribution in [0.1, 0.15) is 11.1 Å². The van der Waals surface area contributed by atoms with Gasteiger partial charge in [0.15, 0.2) is 9.84 Å². The van der Waals surface area contributed by atoms with E-state index in [-0.39, 0.29) is 0 Å². The van der Waals surface area contributed by atoms with E-state index in [1.165, 1.54) is 18.9 Å². The summed E-state index contributed by atoms with van der Waals surface area (Å²) in [7, 11) is -1.73. The number of nitrogens with one attached hydrogen (secondary N) is 1. The summed E-state index contributed by atoms with van der Waals surface area (Å²) < 4.78 is 28.6. The molecule has 1 heterocycles. The van der Waals surface area contributed by atoms with Crippen LogP contribution >= 0.6 is 0 Å². The van der Waals surface area contributed by atoms with Crippen molar-refractivity contribution in [3.63, 3.8) is 0 Å². The highest BCUT2D eigenvalue weighted by Gasteiger charge is 2.18. The van der Waals surface area contributed by atoms with Crippen LogP contribution in [-0.4, -0.2) is 34.9 Å². The lowest BCUT2D eigenvalue weighted by molar-refractivity contribution is 0.402. The number of fused-ring (bicyclic) bond motifs is 1. The van der Waals surface area contributed by atoms with Gasteiger partial charge in [0.05, 0.1) is 7.11 Å². The molecular weight excluding hydrogens is 238 g/mol. The summed E-state index contributed by atoms with van der Waals surface area (Å²) in [5, 5.41) is 3.30. The van der Waals surface area contributed by atoms with Gasteiger partial charge < -0.3 is 10.1 Å². The highest BCUT2D eigenvalue weighted by molar-refractivity contribution is 7.90. The molecule has 0 amide bonds. The second-order valence-corrected chi connectivity index (χ2v) is 6.28. The third-order valence-corrected chi connectivity index (χ3v) is 4.15. The van der Waals surface area contributed by atoms with Crippen LogP contribution in [-0.2, 0) is 22.7 Å². The van der Waals surface area contributed by atoms with Gasteiger partial charge in [-0.2, -0.15) is 0 Å². The summed E-state index contributed by atoms with van der Waals surface area (Å²) in [6.45, 7) is 1.82. The molecule has 0 saturated carbocycles. The van der Waals surface area contributed by atoms with Crippen LogP contribution in [0.5, 0.6) is 5.75 Å². The summed E-state index contributed by atoms with van der Waals surface area (Å²) in [4.78, 5) is 0.292. The van der Waals surface area contributed by atoms with Gasteiger partial charge in [-0.05, 0) is 49.2 Å². The van der Waals surface area contributed by atoms with Crippen molar-refractivity contribution in [1.82, 2.24) is 5.32 Å². The second kappa shape index (κ2) is 4.66. The molecule has 0 atom stereocenters. The van der Waals surface area contributed by atoms with Crippen molar-refractivity contribution in [1.29, 1.82) is 0 Å². The van der Waals surface area contributed by atoms with Crippen molar-refractivity contribution in [2.24, 2.45) is 0 Å². The first-order valence-electron chi connectivity index (χ1n) is 5.63. The number of hydrogen-bond donors (Lipinski definition) is 1. The van der Waals surface area contributed by atoms with Gasteiger partial charge in [-0.1, -0.05) is 0 Å².